The summed E-state index contributed by atoms with van der Waals surface area (Å²) in [6, 6.07) is 15.9. The lowest BCUT2D eigenvalue weighted by Crippen LogP contribution is -2.54. The molecule has 1 aromatic heterocycles. The van der Waals surface area contributed by atoms with Crippen molar-refractivity contribution in [1.82, 2.24) is 15.2 Å². The Morgan fingerprint density at radius 1 is 1.03 bits per heavy atom. The molecule has 1 atom stereocenters. The molecule has 2 aromatic rings. The van der Waals surface area contributed by atoms with E-state index in [1.54, 1.807) is 0 Å². The second-order valence-corrected chi connectivity index (χ2v) is 9.11. The van der Waals surface area contributed by atoms with Crippen molar-refractivity contribution in [1.29, 1.82) is 0 Å². The highest BCUT2D eigenvalue weighted by molar-refractivity contribution is 5.87. The topological polar surface area (TPSA) is 65.5 Å². The monoisotopic (exact) mass is 421 g/mol. The summed E-state index contributed by atoms with van der Waals surface area (Å²) in [5, 5.41) is 14.9. The van der Waals surface area contributed by atoms with Crippen LogP contribution in [-0.4, -0.2) is 40.0 Å². The number of carbonyl (C=O) groups is 1. The zero-order valence-corrected chi connectivity index (χ0v) is 18.6. The highest BCUT2D eigenvalue weighted by atomic mass is 16.3. The first-order valence-electron chi connectivity index (χ1n) is 11.9. The molecule has 2 N–H and O–H groups in total. The molecule has 1 aliphatic heterocycles. The summed E-state index contributed by atoms with van der Waals surface area (Å²) >= 11 is 0. The molecule has 2 fully saturated rings. The van der Waals surface area contributed by atoms with Gasteiger partial charge in [0.25, 0.3) is 5.91 Å². The molecular weight excluding hydrogens is 386 g/mol. The third-order valence-electron chi connectivity index (χ3n) is 7.04. The normalized spacial score (nSPS) is 20.5. The summed E-state index contributed by atoms with van der Waals surface area (Å²) in [6.45, 7) is 4.83. The number of aliphatic hydroxyl groups is 1. The van der Waals surface area contributed by atoms with Gasteiger partial charge in [-0.1, -0.05) is 56.2 Å². The van der Waals surface area contributed by atoms with Crippen molar-refractivity contribution in [2.75, 3.05) is 13.1 Å². The van der Waals surface area contributed by atoms with Crippen LogP contribution in [0.3, 0.4) is 0 Å². The van der Waals surface area contributed by atoms with Gasteiger partial charge in [0, 0.05) is 37.3 Å². The van der Waals surface area contributed by atoms with Gasteiger partial charge in [-0.3, -0.25) is 14.7 Å². The van der Waals surface area contributed by atoms with Gasteiger partial charge in [0.15, 0.2) is 5.60 Å². The minimum absolute atomic E-state index is 0.00749. The van der Waals surface area contributed by atoms with Crippen molar-refractivity contribution < 1.29 is 9.90 Å². The Kier molecular flexibility index (Phi) is 7.03. The standard InChI is InChI=1S/C26H35N3O2/c1-2-22-13-8-14-24(27-22)19-29-17-15-23(16-18-29)28-25(30)26(31,21-11-6-7-12-21)20-9-4-3-5-10-20/h3-5,8-10,13-14,21,23,31H,2,6-7,11-12,15-19H2,1H3,(H,28,30). The quantitative estimate of drug-likeness (QED) is 0.714. The number of hydrogen-bond donors (Lipinski definition) is 2. The zero-order chi connectivity index (χ0) is 21.7. The van der Waals surface area contributed by atoms with E-state index < -0.39 is 5.60 Å². The maximum atomic E-state index is 13.4. The predicted octanol–water partition coefficient (Wildman–Crippen LogP) is 3.80. The summed E-state index contributed by atoms with van der Waals surface area (Å²) in [5.41, 5.74) is 1.53. The highest BCUT2D eigenvalue weighted by Crippen LogP contribution is 2.41. The number of carbonyl (C=O) groups excluding carboxylic acids is 1. The van der Waals surface area contributed by atoms with Crippen LogP contribution in [0.25, 0.3) is 0 Å². The average Bonchev–Trinajstić information content (AvgIpc) is 3.36. The molecule has 2 heterocycles. The molecule has 0 bridgehead atoms. The minimum Gasteiger partial charge on any atom is -0.375 e. The second kappa shape index (κ2) is 9.92. The van der Waals surface area contributed by atoms with Gasteiger partial charge in [0.05, 0.1) is 5.69 Å². The van der Waals surface area contributed by atoms with Crippen LogP contribution in [0, 0.1) is 5.92 Å². The first kappa shape index (κ1) is 22.0. The number of hydrogen-bond acceptors (Lipinski definition) is 4. The molecule has 4 rings (SSSR count). The smallest absolute Gasteiger partial charge is 0.257 e. The maximum absolute atomic E-state index is 13.4. The minimum atomic E-state index is -1.43. The van der Waals surface area contributed by atoms with E-state index in [0.29, 0.717) is 0 Å². The molecule has 1 saturated heterocycles. The van der Waals surface area contributed by atoms with Gasteiger partial charge in [-0.2, -0.15) is 0 Å². The third-order valence-corrected chi connectivity index (χ3v) is 7.04. The molecule has 1 aromatic carbocycles. The number of rotatable bonds is 7. The number of nitrogens with zero attached hydrogens (tertiary/aromatic N) is 2. The molecule has 1 saturated carbocycles. The lowest BCUT2D eigenvalue weighted by atomic mass is 9.79. The van der Waals surface area contributed by atoms with Crippen LogP contribution in [0.15, 0.2) is 48.5 Å². The Hall–Kier alpha value is -2.24. The summed E-state index contributed by atoms with van der Waals surface area (Å²) in [6.07, 6.45) is 6.72. The maximum Gasteiger partial charge on any atom is 0.257 e. The number of likely N-dealkylation sites (tertiary alicyclic amines) is 1. The summed E-state index contributed by atoms with van der Waals surface area (Å²) in [5.74, 6) is -0.228. The van der Waals surface area contributed by atoms with E-state index in [4.69, 9.17) is 4.98 Å². The largest absolute Gasteiger partial charge is 0.375 e. The Morgan fingerprint density at radius 2 is 1.71 bits per heavy atom. The van der Waals surface area contributed by atoms with E-state index in [1.165, 1.54) is 0 Å². The van der Waals surface area contributed by atoms with Crippen molar-refractivity contribution >= 4 is 5.91 Å². The van der Waals surface area contributed by atoms with Crippen molar-refractivity contribution in [3.05, 3.63) is 65.5 Å². The SMILES string of the molecule is CCc1cccc(CN2CCC(NC(=O)C(O)(c3ccccc3)C3CCCC3)CC2)n1. The van der Waals surface area contributed by atoms with Crippen LogP contribution in [-0.2, 0) is 23.4 Å². The lowest BCUT2D eigenvalue weighted by molar-refractivity contribution is -0.148. The molecule has 1 unspecified atom stereocenters. The van der Waals surface area contributed by atoms with Crippen LogP contribution in [0.4, 0.5) is 0 Å². The predicted molar refractivity (Wildman–Crippen MR) is 122 cm³/mol. The first-order valence-corrected chi connectivity index (χ1v) is 11.9. The Balaban J connectivity index is 1.37. The fourth-order valence-electron chi connectivity index (χ4n) is 5.16. The zero-order valence-electron chi connectivity index (χ0n) is 18.6. The number of aryl methyl sites for hydroxylation is 1. The van der Waals surface area contributed by atoms with Crippen LogP contribution in [0.5, 0.6) is 0 Å². The van der Waals surface area contributed by atoms with Crippen LogP contribution in [0.1, 0.15) is 62.4 Å². The summed E-state index contributed by atoms with van der Waals surface area (Å²) in [4.78, 5) is 20.5. The molecular formula is C26H35N3O2. The van der Waals surface area contributed by atoms with Gasteiger partial charge in [-0.05, 0) is 49.8 Å². The number of benzene rings is 1. The molecule has 1 amide bonds. The van der Waals surface area contributed by atoms with E-state index in [-0.39, 0.29) is 17.9 Å². The fraction of sp³-hybridized carbons (Fsp3) is 0.538. The van der Waals surface area contributed by atoms with Crippen LogP contribution in [0.2, 0.25) is 0 Å². The lowest BCUT2D eigenvalue weighted by Gasteiger charge is -2.37. The summed E-state index contributed by atoms with van der Waals surface area (Å²) in [7, 11) is 0. The Bertz CT molecular complexity index is 858. The van der Waals surface area contributed by atoms with Crippen molar-refractivity contribution in [2.45, 2.75) is 70.1 Å². The van der Waals surface area contributed by atoms with Gasteiger partial charge >= 0.3 is 0 Å². The van der Waals surface area contributed by atoms with Gasteiger partial charge < -0.3 is 10.4 Å². The van der Waals surface area contributed by atoms with E-state index in [1.807, 2.05) is 30.3 Å². The van der Waals surface area contributed by atoms with Crippen LogP contribution < -0.4 is 5.32 Å². The third kappa shape index (κ3) is 4.99. The average molecular weight is 422 g/mol. The molecule has 0 radical (unpaired) electrons. The van der Waals surface area contributed by atoms with E-state index in [2.05, 4.69) is 35.3 Å². The van der Waals surface area contributed by atoms with Crippen LogP contribution >= 0.6 is 0 Å². The highest BCUT2D eigenvalue weighted by Gasteiger charge is 2.46. The van der Waals surface area contributed by atoms with Crippen molar-refractivity contribution in [3.8, 4) is 0 Å². The van der Waals surface area contributed by atoms with Gasteiger partial charge in [-0.25, -0.2) is 0 Å². The molecule has 166 valence electrons. The van der Waals surface area contributed by atoms with Gasteiger partial charge in [-0.15, -0.1) is 0 Å². The fourth-order valence-corrected chi connectivity index (χ4v) is 5.16. The first-order chi connectivity index (χ1) is 15.1. The molecule has 31 heavy (non-hydrogen) atoms. The van der Waals surface area contributed by atoms with E-state index in [9.17, 15) is 9.90 Å². The number of nitrogens with one attached hydrogen (secondary N) is 1. The summed E-state index contributed by atoms with van der Waals surface area (Å²) < 4.78 is 0. The number of pyridine rings is 1. The van der Waals surface area contributed by atoms with E-state index >= 15 is 0 Å². The molecule has 0 spiro atoms. The Labute approximate surface area is 185 Å². The number of piperidine rings is 1. The Morgan fingerprint density at radius 3 is 2.39 bits per heavy atom. The molecule has 2 aliphatic rings. The number of aromatic nitrogens is 1. The molecule has 5 nitrogen and oxygen atoms in total. The van der Waals surface area contributed by atoms with Crippen molar-refractivity contribution in [3.63, 3.8) is 0 Å². The number of amides is 1. The van der Waals surface area contributed by atoms with Crippen molar-refractivity contribution in [2.24, 2.45) is 5.92 Å². The van der Waals surface area contributed by atoms with Gasteiger partial charge in [0.1, 0.15) is 0 Å². The second-order valence-electron chi connectivity index (χ2n) is 9.11. The molecule has 5 heteroatoms. The van der Waals surface area contributed by atoms with E-state index in [0.717, 1.165) is 81.5 Å². The molecule has 1 aliphatic carbocycles. The van der Waals surface area contributed by atoms with Gasteiger partial charge in [0.2, 0.25) is 0 Å².